The van der Waals surface area contributed by atoms with E-state index in [1.807, 2.05) is 17.0 Å². The number of pyridine rings is 1. The van der Waals surface area contributed by atoms with Crippen molar-refractivity contribution in [2.45, 2.75) is 6.54 Å². The Morgan fingerprint density at radius 2 is 2.04 bits per heavy atom. The van der Waals surface area contributed by atoms with Gasteiger partial charge in [0.15, 0.2) is 11.5 Å². The first-order valence-electron chi connectivity index (χ1n) is 8.75. The summed E-state index contributed by atoms with van der Waals surface area (Å²) in [5.41, 5.74) is 1.05. The lowest BCUT2D eigenvalue weighted by Crippen LogP contribution is -2.53. The number of nitrogens with zero attached hydrogens (tertiary/aromatic N) is 5. The number of rotatable bonds is 3. The van der Waals surface area contributed by atoms with Crippen molar-refractivity contribution in [2.75, 3.05) is 31.1 Å². The van der Waals surface area contributed by atoms with E-state index >= 15 is 0 Å². The fraction of sp³-hybridized carbons (Fsp3) is 0.333. The molecule has 9 nitrogen and oxygen atoms in total. The zero-order chi connectivity index (χ0) is 18.8. The normalized spacial score (nSPS) is 14.6. The van der Waals surface area contributed by atoms with Crippen molar-refractivity contribution in [1.82, 2.24) is 24.8 Å². The van der Waals surface area contributed by atoms with Gasteiger partial charge in [0.1, 0.15) is 11.3 Å². The maximum atomic E-state index is 12.6. The molecule has 4 rings (SSSR count). The van der Waals surface area contributed by atoms with Crippen LogP contribution in [0.2, 0.25) is 0 Å². The van der Waals surface area contributed by atoms with Gasteiger partial charge in [0, 0.05) is 39.4 Å². The van der Waals surface area contributed by atoms with Gasteiger partial charge in [0.25, 0.3) is 5.56 Å². The van der Waals surface area contributed by atoms with E-state index < -0.39 is 0 Å². The number of urea groups is 1. The van der Waals surface area contributed by atoms with Crippen LogP contribution in [0, 0.1) is 0 Å². The lowest BCUT2D eigenvalue weighted by Gasteiger charge is -2.35. The van der Waals surface area contributed by atoms with Crippen LogP contribution in [0.1, 0.15) is 5.76 Å². The third kappa shape index (κ3) is 3.35. The minimum absolute atomic E-state index is 0.144. The van der Waals surface area contributed by atoms with E-state index in [0.717, 1.165) is 0 Å². The highest BCUT2D eigenvalue weighted by Gasteiger charge is 2.24. The van der Waals surface area contributed by atoms with E-state index in [2.05, 4.69) is 15.3 Å². The third-order valence-electron chi connectivity index (χ3n) is 4.67. The summed E-state index contributed by atoms with van der Waals surface area (Å²) in [6.07, 6.45) is 3.22. The maximum absolute atomic E-state index is 12.6. The molecule has 0 atom stereocenters. The average Bonchev–Trinajstić information content (AvgIpc) is 3.23. The number of carbonyl (C=O) groups is 1. The fourth-order valence-corrected chi connectivity index (χ4v) is 3.16. The van der Waals surface area contributed by atoms with Gasteiger partial charge in [-0.3, -0.25) is 9.36 Å². The summed E-state index contributed by atoms with van der Waals surface area (Å²) in [4.78, 5) is 37.3. The Balaban J connectivity index is 1.43. The van der Waals surface area contributed by atoms with Crippen molar-refractivity contribution in [1.29, 1.82) is 0 Å². The number of furan rings is 1. The molecule has 0 aliphatic carbocycles. The number of piperazine rings is 1. The highest BCUT2D eigenvalue weighted by molar-refractivity contribution is 5.75. The molecule has 0 unspecified atom stereocenters. The highest BCUT2D eigenvalue weighted by atomic mass is 16.3. The van der Waals surface area contributed by atoms with Gasteiger partial charge in [-0.05, 0) is 24.3 Å². The number of fused-ring (bicyclic) bond motifs is 1. The molecule has 1 fully saturated rings. The number of hydrogen-bond donors (Lipinski definition) is 1. The predicted molar refractivity (Wildman–Crippen MR) is 99.5 cm³/mol. The lowest BCUT2D eigenvalue weighted by atomic mass is 10.3. The van der Waals surface area contributed by atoms with Gasteiger partial charge in [-0.2, -0.15) is 0 Å². The molecule has 0 radical (unpaired) electrons. The van der Waals surface area contributed by atoms with Crippen molar-refractivity contribution in [3.63, 3.8) is 0 Å². The first-order chi connectivity index (χ1) is 13.1. The molecule has 0 saturated carbocycles. The van der Waals surface area contributed by atoms with Crippen LogP contribution in [0.3, 0.4) is 0 Å². The van der Waals surface area contributed by atoms with Crippen molar-refractivity contribution >= 4 is 23.0 Å². The Bertz CT molecular complexity index is 1010. The summed E-state index contributed by atoms with van der Waals surface area (Å²) >= 11 is 0. The van der Waals surface area contributed by atoms with Gasteiger partial charge < -0.3 is 19.5 Å². The summed E-state index contributed by atoms with van der Waals surface area (Å²) < 4.78 is 6.73. The van der Waals surface area contributed by atoms with Crippen LogP contribution in [0.15, 0.2) is 45.9 Å². The highest BCUT2D eigenvalue weighted by Crippen LogP contribution is 2.14. The SMILES string of the molecule is Cn1c(=O)c(N2CCN(C(=O)NCc3ccco3)CC2)nc2cccnc21. The molecule has 27 heavy (non-hydrogen) atoms. The number of carbonyl (C=O) groups excluding carboxylic acids is 1. The van der Waals surface area contributed by atoms with Crippen LogP contribution >= 0.6 is 0 Å². The van der Waals surface area contributed by atoms with Crippen LogP contribution in [-0.4, -0.2) is 51.6 Å². The number of aryl methyl sites for hydroxylation is 1. The number of hydrogen-bond acceptors (Lipinski definition) is 6. The Kier molecular flexibility index (Phi) is 4.49. The molecule has 0 aromatic carbocycles. The van der Waals surface area contributed by atoms with E-state index in [-0.39, 0.29) is 11.6 Å². The topological polar surface area (TPSA) is 96.5 Å². The molecule has 140 valence electrons. The molecular weight excluding hydrogens is 348 g/mol. The fourth-order valence-electron chi connectivity index (χ4n) is 3.16. The van der Waals surface area contributed by atoms with Gasteiger partial charge in [-0.25, -0.2) is 14.8 Å². The van der Waals surface area contributed by atoms with Crippen molar-refractivity contribution < 1.29 is 9.21 Å². The van der Waals surface area contributed by atoms with Gasteiger partial charge in [-0.15, -0.1) is 0 Å². The Morgan fingerprint density at radius 1 is 1.22 bits per heavy atom. The molecule has 4 heterocycles. The first-order valence-corrected chi connectivity index (χ1v) is 8.75. The standard InChI is InChI=1S/C18H20N6O3/c1-22-15-14(5-2-6-19-15)21-16(17(22)25)23-7-9-24(10-8-23)18(26)20-12-13-4-3-11-27-13/h2-6,11H,7-10,12H2,1H3,(H,20,26). The van der Waals surface area contributed by atoms with Gasteiger partial charge in [0.05, 0.1) is 12.8 Å². The smallest absolute Gasteiger partial charge is 0.317 e. The summed E-state index contributed by atoms with van der Waals surface area (Å²) in [7, 11) is 1.70. The van der Waals surface area contributed by atoms with Crippen molar-refractivity contribution in [3.05, 3.63) is 52.8 Å². The molecule has 0 bridgehead atoms. The molecule has 1 aliphatic heterocycles. The van der Waals surface area contributed by atoms with Crippen LogP contribution < -0.4 is 15.8 Å². The Labute approximate surface area is 155 Å². The quantitative estimate of drug-likeness (QED) is 0.739. The number of nitrogens with one attached hydrogen (secondary N) is 1. The second-order valence-corrected chi connectivity index (χ2v) is 6.36. The second kappa shape index (κ2) is 7.10. The van der Waals surface area contributed by atoms with E-state index in [9.17, 15) is 9.59 Å². The molecule has 3 aromatic heterocycles. The molecular formula is C18H20N6O3. The van der Waals surface area contributed by atoms with Gasteiger partial charge in [-0.1, -0.05) is 0 Å². The molecule has 3 aromatic rings. The summed E-state index contributed by atoms with van der Waals surface area (Å²) in [6.45, 7) is 2.47. The van der Waals surface area contributed by atoms with Gasteiger partial charge >= 0.3 is 6.03 Å². The van der Waals surface area contributed by atoms with E-state index in [1.54, 1.807) is 36.5 Å². The molecule has 1 saturated heterocycles. The molecule has 1 aliphatic rings. The average molecular weight is 368 g/mol. The van der Waals surface area contributed by atoms with Crippen LogP contribution in [-0.2, 0) is 13.6 Å². The zero-order valence-corrected chi connectivity index (χ0v) is 15.0. The summed E-state index contributed by atoms with van der Waals surface area (Å²) in [5.74, 6) is 1.10. The van der Waals surface area contributed by atoms with Gasteiger partial charge in [0.2, 0.25) is 0 Å². The first kappa shape index (κ1) is 17.1. The summed E-state index contributed by atoms with van der Waals surface area (Å²) in [5, 5.41) is 2.84. The molecule has 1 N–H and O–H groups in total. The lowest BCUT2D eigenvalue weighted by molar-refractivity contribution is 0.193. The summed E-state index contributed by atoms with van der Waals surface area (Å²) in [6, 6.07) is 7.09. The minimum atomic E-state index is -0.183. The second-order valence-electron chi connectivity index (χ2n) is 6.36. The Morgan fingerprint density at radius 3 is 2.78 bits per heavy atom. The number of anilines is 1. The maximum Gasteiger partial charge on any atom is 0.317 e. The molecule has 0 spiro atoms. The van der Waals surface area contributed by atoms with E-state index in [4.69, 9.17) is 4.42 Å². The molecule has 2 amide bonds. The van der Waals surface area contributed by atoms with E-state index in [1.165, 1.54) is 4.57 Å². The number of amides is 2. The number of aromatic nitrogens is 3. The van der Waals surface area contributed by atoms with Crippen LogP contribution in [0.25, 0.3) is 11.2 Å². The minimum Gasteiger partial charge on any atom is -0.467 e. The van der Waals surface area contributed by atoms with E-state index in [0.29, 0.717) is 55.5 Å². The molecule has 9 heteroatoms. The zero-order valence-electron chi connectivity index (χ0n) is 15.0. The van der Waals surface area contributed by atoms with Crippen molar-refractivity contribution in [2.24, 2.45) is 7.05 Å². The van der Waals surface area contributed by atoms with Crippen LogP contribution in [0.4, 0.5) is 10.6 Å². The Hall–Kier alpha value is -3.36. The van der Waals surface area contributed by atoms with Crippen molar-refractivity contribution in [3.8, 4) is 0 Å². The predicted octanol–water partition coefficient (Wildman–Crippen LogP) is 0.953. The monoisotopic (exact) mass is 368 g/mol. The largest absolute Gasteiger partial charge is 0.467 e. The van der Waals surface area contributed by atoms with Crippen LogP contribution in [0.5, 0.6) is 0 Å². The third-order valence-corrected chi connectivity index (χ3v) is 4.67.